The van der Waals surface area contributed by atoms with E-state index in [9.17, 15) is 9.90 Å². The molecule has 0 radical (unpaired) electrons. The summed E-state index contributed by atoms with van der Waals surface area (Å²) >= 11 is 0. The maximum atomic E-state index is 10.9. The minimum atomic E-state index is -1.29. The second-order valence-electron chi connectivity index (χ2n) is 3.55. The van der Waals surface area contributed by atoms with Crippen molar-refractivity contribution in [1.82, 2.24) is 0 Å². The maximum Gasteiger partial charge on any atom is 0.161 e. The van der Waals surface area contributed by atoms with Gasteiger partial charge in [-0.05, 0) is 19.1 Å². The van der Waals surface area contributed by atoms with Gasteiger partial charge in [-0.2, -0.15) is 0 Å². The van der Waals surface area contributed by atoms with E-state index in [-0.39, 0.29) is 0 Å². The van der Waals surface area contributed by atoms with Crippen molar-refractivity contribution >= 4 is 5.97 Å². The fourth-order valence-electron chi connectivity index (χ4n) is 1.31. The number of carbonyl (C=O) groups excluding carboxylic acids is 1. The average molecular weight is 209 g/mol. The summed E-state index contributed by atoms with van der Waals surface area (Å²) in [7, 11) is 0. The molecule has 1 aromatic carbocycles. The number of rotatable bonds is 4. The number of benzene rings is 1. The van der Waals surface area contributed by atoms with E-state index in [1.54, 1.807) is 24.3 Å². The Hall–Kier alpha value is -1.55. The van der Waals surface area contributed by atoms with Crippen LogP contribution in [0.2, 0.25) is 0 Å². The van der Waals surface area contributed by atoms with Gasteiger partial charge in [0.25, 0.3) is 0 Å². The first-order chi connectivity index (χ1) is 7.00. The molecule has 0 bridgehead atoms. The summed E-state index contributed by atoms with van der Waals surface area (Å²) in [4.78, 5) is 10.9. The molecular weight excluding hydrogens is 194 g/mol. The lowest BCUT2D eigenvalue weighted by Gasteiger charge is -2.24. The van der Waals surface area contributed by atoms with E-state index in [1.807, 2.05) is 6.92 Å². The Bertz CT molecular complexity index is 361. The Morgan fingerprint density at radius 1 is 1.53 bits per heavy atom. The maximum absolute atomic E-state index is 10.9. The Morgan fingerprint density at radius 2 is 2.13 bits per heavy atom. The Kier molecular flexibility index (Phi) is 3.31. The van der Waals surface area contributed by atoms with Crippen LogP contribution in [0.5, 0.6) is 5.75 Å². The lowest BCUT2D eigenvalue weighted by atomic mass is 9.92. The van der Waals surface area contributed by atoms with Crippen LogP contribution in [0.4, 0.5) is 0 Å². The normalized spacial score (nSPS) is 14.3. The van der Waals surface area contributed by atoms with Crippen molar-refractivity contribution in [2.45, 2.75) is 19.4 Å². The van der Waals surface area contributed by atoms with E-state index >= 15 is 0 Å². The summed E-state index contributed by atoms with van der Waals surface area (Å²) < 4.78 is 5.34. The van der Waals surface area contributed by atoms with Crippen molar-refractivity contribution in [2.24, 2.45) is 0 Å². The lowest BCUT2D eigenvalue weighted by Crippen LogP contribution is -2.75. The highest BCUT2D eigenvalue weighted by atomic mass is 16.5. The van der Waals surface area contributed by atoms with Crippen molar-refractivity contribution < 1.29 is 20.4 Å². The number of hydrogen-bond acceptors (Lipinski definition) is 3. The molecule has 1 rings (SSSR count). The second-order valence-corrected chi connectivity index (χ2v) is 3.55. The summed E-state index contributed by atoms with van der Waals surface area (Å²) in [6.45, 7) is 3.83. The van der Waals surface area contributed by atoms with Crippen LogP contribution in [0.15, 0.2) is 24.3 Å². The van der Waals surface area contributed by atoms with Gasteiger partial charge in [-0.15, -0.1) is 0 Å². The van der Waals surface area contributed by atoms with E-state index in [1.165, 1.54) is 6.92 Å². The highest BCUT2D eigenvalue weighted by molar-refractivity contribution is 5.77. The summed E-state index contributed by atoms with van der Waals surface area (Å²) in [5.74, 6) is -0.670. The minimum absolute atomic E-state index is 0.486. The molecule has 0 aliphatic heterocycles. The summed E-state index contributed by atoms with van der Waals surface area (Å²) in [5, 5.41) is 10.9. The zero-order chi connectivity index (χ0) is 11.5. The zero-order valence-corrected chi connectivity index (χ0v) is 8.95. The smallest absolute Gasteiger partial charge is 0.161 e. The fraction of sp³-hybridized carbons (Fsp3) is 0.364. The molecule has 0 aromatic heterocycles. The average Bonchev–Trinajstić information content (AvgIpc) is 2.18. The molecule has 0 unspecified atom stereocenters. The highest BCUT2D eigenvalue weighted by Crippen LogP contribution is 2.26. The van der Waals surface area contributed by atoms with Crippen molar-refractivity contribution in [3.63, 3.8) is 0 Å². The zero-order valence-electron chi connectivity index (χ0n) is 8.95. The molecule has 1 aromatic rings. The molecule has 15 heavy (non-hydrogen) atoms. The number of carbonyl (C=O) groups is 1. The molecule has 4 heteroatoms. The third-order valence-corrected chi connectivity index (χ3v) is 2.23. The van der Waals surface area contributed by atoms with Crippen LogP contribution >= 0.6 is 0 Å². The number of carboxylic acid groups (broad SMARTS) is 1. The molecular formula is C11H15NO3. The number of aliphatic carboxylic acids is 1. The Labute approximate surface area is 88.7 Å². The first-order valence-electron chi connectivity index (χ1n) is 4.79. The van der Waals surface area contributed by atoms with Gasteiger partial charge in [0.2, 0.25) is 0 Å². The Balaban J connectivity index is 3.18. The van der Waals surface area contributed by atoms with Crippen molar-refractivity contribution in [3.05, 3.63) is 29.8 Å². The van der Waals surface area contributed by atoms with Crippen LogP contribution in [0.3, 0.4) is 0 Å². The van der Waals surface area contributed by atoms with Gasteiger partial charge in [-0.3, -0.25) is 0 Å². The summed E-state index contributed by atoms with van der Waals surface area (Å²) in [5.41, 5.74) is 2.89. The number of para-hydroxylation sites is 1. The Morgan fingerprint density at radius 3 is 2.67 bits per heavy atom. The predicted molar refractivity (Wildman–Crippen MR) is 52.9 cm³/mol. The van der Waals surface area contributed by atoms with E-state index in [0.29, 0.717) is 17.9 Å². The second kappa shape index (κ2) is 4.31. The minimum Gasteiger partial charge on any atom is -0.543 e. The molecule has 0 saturated heterocycles. The van der Waals surface area contributed by atoms with E-state index < -0.39 is 11.5 Å². The van der Waals surface area contributed by atoms with Gasteiger partial charge in [0.1, 0.15) is 11.7 Å². The SMILES string of the molecule is CCOc1ccccc1[C@@](C)([NH3+])C(=O)[O-]. The van der Waals surface area contributed by atoms with Gasteiger partial charge < -0.3 is 20.4 Å². The first kappa shape index (κ1) is 11.5. The molecule has 0 heterocycles. The monoisotopic (exact) mass is 209 g/mol. The molecule has 0 aliphatic rings. The van der Waals surface area contributed by atoms with Crippen molar-refractivity contribution in [1.29, 1.82) is 0 Å². The quantitative estimate of drug-likeness (QED) is 0.711. The molecule has 82 valence electrons. The fourth-order valence-corrected chi connectivity index (χ4v) is 1.31. The topological polar surface area (TPSA) is 77.0 Å². The van der Waals surface area contributed by atoms with E-state index in [2.05, 4.69) is 5.73 Å². The standard InChI is InChI=1S/C11H15NO3/c1-3-15-9-7-5-4-6-8(9)11(2,12)10(13)14/h4-7H,3,12H2,1-2H3,(H,13,14)/t11-/m1/s1. The molecule has 0 amide bonds. The molecule has 0 fully saturated rings. The van der Waals surface area contributed by atoms with Crippen LogP contribution in [-0.4, -0.2) is 12.6 Å². The molecule has 0 aliphatic carbocycles. The van der Waals surface area contributed by atoms with Gasteiger partial charge in [0.05, 0.1) is 12.2 Å². The molecule has 3 N–H and O–H groups in total. The van der Waals surface area contributed by atoms with Gasteiger partial charge in [-0.25, -0.2) is 0 Å². The number of hydrogen-bond donors (Lipinski definition) is 1. The van der Waals surface area contributed by atoms with Gasteiger partial charge in [-0.1, -0.05) is 12.1 Å². The van der Waals surface area contributed by atoms with Gasteiger partial charge in [0, 0.05) is 6.92 Å². The summed E-state index contributed by atoms with van der Waals surface area (Å²) in [6.07, 6.45) is 0. The highest BCUT2D eigenvalue weighted by Gasteiger charge is 2.30. The largest absolute Gasteiger partial charge is 0.543 e. The number of carboxylic acids is 1. The van der Waals surface area contributed by atoms with Crippen LogP contribution < -0.4 is 15.6 Å². The summed E-state index contributed by atoms with van der Waals surface area (Å²) in [6, 6.07) is 6.96. The van der Waals surface area contributed by atoms with Crippen molar-refractivity contribution in [2.75, 3.05) is 6.61 Å². The van der Waals surface area contributed by atoms with Crippen LogP contribution in [-0.2, 0) is 10.3 Å². The molecule has 4 nitrogen and oxygen atoms in total. The third kappa shape index (κ3) is 2.27. The predicted octanol–water partition coefficient (Wildman–Crippen LogP) is -0.708. The first-order valence-corrected chi connectivity index (χ1v) is 4.79. The van der Waals surface area contributed by atoms with Gasteiger partial charge >= 0.3 is 0 Å². The van der Waals surface area contributed by atoms with Crippen LogP contribution in [0.1, 0.15) is 19.4 Å². The molecule has 0 saturated carbocycles. The molecule has 1 atom stereocenters. The van der Waals surface area contributed by atoms with E-state index in [4.69, 9.17) is 4.74 Å². The van der Waals surface area contributed by atoms with Gasteiger partial charge in [0.15, 0.2) is 5.54 Å². The third-order valence-electron chi connectivity index (χ3n) is 2.23. The lowest BCUT2D eigenvalue weighted by molar-refractivity contribution is -0.489. The van der Waals surface area contributed by atoms with Crippen LogP contribution in [0, 0.1) is 0 Å². The van der Waals surface area contributed by atoms with E-state index in [0.717, 1.165) is 0 Å². The molecule has 0 spiro atoms. The number of ether oxygens (including phenoxy) is 1. The number of quaternary nitrogens is 1. The van der Waals surface area contributed by atoms with Crippen molar-refractivity contribution in [3.8, 4) is 5.75 Å². The van der Waals surface area contributed by atoms with Crippen LogP contribution in [0.25, 0.3) is 0 Å².